The molecule has 0 heterocycles. The van der Waals surface area contributed by atoms with Crippen LogP contribution < -0.4 is 0 Å². The molecule has 24 heavy (non-hydrogen) atoms. The number of hydrogen-bond acceptors (Lipinski definition) is 3. The fraction of sp³-hybridized carbons (Fsp3) is 1.00. The van der Waals surface area contributed by atoms with Crippen LogP contribution in [0, 0.1) is 40.4 Å². The molecule has 4 aliphatic rings. The van der Waals surface area contributed by atoms with Crippen LogP contribution in [-0.2, 0) is 0 Å². The van der Waals surface area contributed by atoms with Crippen LogP contribution in [0.2, 0.25) is 0 Å². The fourth-order valence-corrected chi connectivity index (χ4v) is 8.16. The summed E-state index contributed by atoms with van der Waals surface area (Å²) < 4.78 is 0. The van der Waals surface area contributed by atoms with E-state index in [9.17, 15) is 15.3 Å². The molecule has 0 spiro atoms. The van der Waals surface area contributed by atoms with Crippen molar-refractivity contribution in [2.45, 2.75) is 90.4 Å². The van der Waals surface area contributed by atoms with E-state index in [2.05, 4.69) is 13.8 Å². The van der Waals surface area contributed by atoms with Gasteiger partial charge in [-0.05, 0) is 92.8 Å². The van der Waals surface area contributed by atoms with Gasteiger partial charge in [-0.2, -0.15) is 0 Å². The maximum Gasteiger partial charge on any atom is 0.0601 e. The number of rotatable bonds is 1. The van der Waals surface area contributed by atoms with Gasteiger partial charge in [-0.25, -0.2) is 0 Å². The first-order valence-corrected chi connectivity index (χ1v) is 10.3. The number of aliphatic hydroxyl groups excluding tert-OH is 3. The SMILES string of the molecule is C[C@H](O)[C@H]1[C@H](O)C[C@H]2[C@@H]3CC[C@H]4C[C@@H](O)CC[C@]4(C)[C@H]3CC[C@]12C. The van der Waals surface area contributed by atoms with Gasteiger partial charge in [0.2, 0.25) is 0 Å². The van der Waals surface area contributed by atoms with Crippen molar-refractivity contribution in [3.63, 3.8) is 0 Å². The highest BCUT2D eigenvalue weighted by Gasteiger charge is 2.62. The molecule has 0 aromatic carbocycles. The van der Waals surface area contributed by atoms with Crippen molar-refractivity contribution in [2.24, 2.45) is 40.4 Å². The van der Waals surface area contributed by atoms with Crippen LogP contribution >= 0.6 is 0 Å². The Balaban J connectivity index is 1.63. The Labute approximate surface area is 146 Å². The molecule has 10 atom stereocenters. The number of hydrogen-bond donors (Lipinski definition) is 3. The van der Waals surface area contributed by atoms with Gasteiger partial charge in [0.25, 0.3) is 0 Å². The normalized spacial score (nSPS) is 58.5. The van der Waals surface area contributed by atoms with E-state index in [0.717, 1.165) is 31.6 Å². The van der Waals surface area contributed by atoms with Crippen molar-refractivity contribution in [3.8, 4) is 0 Å². The van der Waals surface area contributed by atoms with Gasteiger partial charge in [-0.1, -0.05) is 13.8 Å². The van der Waals surface area contributed by atoms with E-state index in [1.807, 2.05) is 6.92 Å². The third-order valence-electron chi connectivity index (χ3n) is 9.27. The minimum absolute atomic E-state index is 0.0437. The highest BCUT2D eigenvalue weighted by atomic mass is 16.3. The molecule has 4 saturated carbocycles. The summed E-state index contributed by atoms with van der Waals surface area (Å²) in [5.74, 6) is 2.75. The molecule has 4 aliphatic carbocycles. The van der Waals surface area contributed by atoms with E-state index >= 15 is 0 Å². The fourth-order valence-electron chi connectivity index (χ4n) is 8.16. The van der Waals surface area contributed by atoms with Crippen LogP contribution in [0.3, 0.4) is 0 Å². The first-order valence-electron chi connectivity index (χ1n) is 10.3. The molecule has 138 valence electrons. The molecule has 0 radical (unpaired) electrons. The van der Waals surface area contributed by atoms with Gasteiger partial charge in [-0.3, -0.25) is 0 Å². The standard InChI is InChI=1S/C21H36O3/c1-12(22)19-18(24)11-17-15-5-4-13-10-14(23)6-8-20(13,2)16(15)7-9-21(17,19)3/h12-19,22-24H,4-11H2,1-3H3/t12-,13-,14-,15+,16-,17-,18+,19-,20-,21-/m0/s1. The Morgan fingerprint density at radius 3 is 2.29 bits per heavy atom. The largest absolute Gasteiger partial charge is 0.393 e. The van der Waals surface area contributed by atoms with Gasteiger partial charge in [-0.15, -0.1) is 0 Å². The summed E-state index contributed by atoms with van der Waals surface area (Å²) in [6.07, 6.45) is 8.10. The quantitative estimate of drug-likeness (QED) is 0.688. The molecule has 3 nitrogen and oxygen atoms in total. The second kappa shape index (κ2) is 5.69. The van der Waals surface area contributed by atoms with Crippen LogP contribution in [0.15, 0.2) is 0 Å². The average Bonchev–Trinajstić information content (AvgIpc) is 2.78. The topological polar surface area (TPSA) is 60.7 Å². The molecule has 0 aromatic heterocycles. The number of fused-ring (bicyclic) bond motifs is 5. The zero-order valence-corrected chi connectivity index (χ0v) is 15.6. The summed E-state index contributed by atoms with van der Waals surface area (Å²) in [6.45, 7) is 6.72. The maximum atomic E-state index is 10.7. The van der Waals surface area contributed by atoms with E-state index in [1.54, 1.807) is 0 Å². The first-order chi connectivity index (χ1) is 11.3. The highest BCUT2D eigenvalue weighted by Crippen LogP contribution is 2.67. The predicted molar refractivity (Wildman–Crippen MR) is 94.3 cm³/mol. The zero-order valence-electron chi connectivity index (χ0n) is 15.6. The monoisotopic (exact) mass is 336 g/mol. The summed E-state index contributed by atoms with van der Waals surface area (Å²) >= 11 is 0. The summed E-state index contributed by atoms with van der Waals surface area (Å²) in [7, 11) is 0. The molecule has 0 bridgehead atoms. The van der Waals surface area contributed by atoms with Crippen LogP contribution in [-0.4, -0.2) is 33.6 Å². The maximum absolute atomic E-state index is 10.7. The molecule has 4 fully saturated rings. The van der Waals surface area contributed by atoms with Gasteiger partial charge in [0, 0.05) is 5.92 Å². The molecule has 4 rings (SSSR count). The lowest BCUT2D eigenvalue weighted by atomic mass is 9.44. The van der Waals surface area contributed by atoms with Crippen LogP contribution in [0.25, 0.3) is 0 Å². The van der Waals surface area contributed by atoms with Crippen molar-refractivity contribution >= 4 is 0 Å². The lowest BCUT2D eigenvalue weighted by Crippen LogP contribution is -2.54. The lowest BCUT2D eigenvalue weighted by Gasteiger charge is -2.61. The van der Waals surface area contributed by atoms with Crippen LogP contribution in [0.1, 0.15) is 72.1 Å². The predicted octanol–water partition coefficient (Wildman–Crippen LogP) is 3.36. The smallest absolute Gasteiger partial charge is 0.0601 e. The summed E-state index contributed by atoms with van der Waals surface area (Å²) in [6, 6.07) is 0. The molecular formula is C21H36O3. The Kier molecular flexibility index (Phi) is 4.10. The minimum Gasteiger partial charge on any atom is -0.393 e. The van der Waals surface area contributed by atoms with E-state index < -0.39 is 6.10 Å². The van der Waals surface area contributed by atoms with Crippen molar-refractivity contribution in [1.29, 1.82) is 0 Å². The Morgan fingerprint density at radius 2 is 1.58 bits per heavy atom. The average molecular weight is 337 g/mol. The first kappa shape index (κ1) is 17.3. The Hall–Kier alpha value is -0.120. The van der Waals surface area contributed by atoms with Gasteiger partial charge >= 0.3 is 0 Å². The molecular weight excluding hydrogens is 300 g/mol. The van der Waals surface area contributed by atoms with Gasteiger partial charge in [0.15, 0.2) is 0 Å². The lowest BCUT2D eigenvalue weighted by molar-refractivity contribution is -0.133. The van der Waals surface area contributed by atoms with Gasteiger partial charge in [0.05, 0.1) is 18.3 Å². The highest BCUT2D eigenvalue weighted by molar-refractivity contribution is 5.11. The van der Waals surface area contributed by atoms with Crippen molar-refractivity contribution in [1.82, 2.24) is 0 Å². The third-order valence-corrected chi connectivity index (χ3v) is 9.27. The Bertz CT molecular complexity index is 491. The van der Waals surface area contributed by atoms with Crippen LogP contribution in [0.5, 0.6) is 0 Å². The number of aliphatic hydroxyl groups is 3. The second-order valence-electron chi connectivity index (χ2n) is 10.2. The van der Waals surface area contributed by atoms with E-state index in [-0.39, 0.29) is 23.5 Å². The van der Waals surface area contributed by atoms with E-state index in [1.165, 1.54) is 25.7 Å². The minimum atomic E-state index is -0.414. The summed E-state index contributed by atoms with van der Waals surface area (Å²) in [5.41, 5.74) is 0.490. The van der Waals surface area contributed by atoms with Crippen molar-refractivity contribution in [2.75, 3.05) is 0 Å². The van der Waals surface area contributed by atoms with E-state index in [4.69, 9.17) is 0 Å². The summed E-state index contributed by atoms with van der Waals surface area (Å²) in [4.78, 5) is 0. The molecule has 3 N–H and O–H groups in total. The molecule has 3 heteroatoms. The molecule has 0 unspecified atom stereocenters. The van der Waals surface area contributed by atoms with Crippen LogP contribution in [0.4, 0.5) is 0 Å². The summed E-state index contributed by atoms with van der Waals surface area (Å²) in [5, 5.41) is 31.1. The molecule has 0 amide bonds. The van der Waals surface area contributed by atoms with Crippen molar-refractivity contribution < 1.29 is 15.3 Å². The second-order valence-corrected chi connectivity index (χ2v) is 10.2. The zero-order chi connectivity index (χ0) is 17.3. The van der Waals surface area contributed by atoms with E-state index in [0.29, 0.717) is 23.2 Å². The van der Waals surface area contributed by atoms with Crippen molar-refractivity contribution in [3.05, 3.63) is 0 Å². The van der Waals surface area contributed by atoms with Gasteiger partial charge in [0.1, 0.15) is 0 Å². The molecule has 0 aliphatic heterocycles. The van der Waals surface area contributed by atoms with Gasteiger partial charge < -0.3 is 15.3 Å². The molecule has 0 saturated heterocycles. The third kappa shape index (κ3) is 2.27. The Morgan fingerprint density at radius 1 is 0.875 bits per heavy atom. The molecule has 0 aromatic rings.